The van der Waals surface area contributed by atoms with Crippen LogP contribution >= 0.6 is 11.6 Å². The predicted molar refractivity (Wildman–Crippen MR) is 126 cm³/mol. The molecule has 7 nitrogen and oxygen atoms in total. The molecule has 1 saturated carbocycles. The molecule has 170 valence electrons. The van der Waals surface area contributed by atoms with E-state index in [2.05, 4.69) is 21.7 Å². The zero-order valence-corrected chi connectivity index (χ0v) is 19.2. The Kier molecular flexibility index (Phi) is 7.46. The fourth-order valence-corrected chi connectivity index (χ4v) is 4.65. The average Bonchev–Trinajstić information content (AvgIpc) is 2.85. The second kappa shape index (κ2) is 10.5. The molecule has 0 spiro atoms. The molecule has 2 aromatic heterocycles. The van der Waals surface area contributed by atoms with E-state index in [0.29, 0.717) is 36.9 Å². The molecule has 2 atom stereocenters. The van der Waals surface area contributed by atoms with E-state index in [9.17, 15) is 5.26 Å². The van der Waals surface area contributed by atoms with Crippen molar-refractivity contribution in [2.45, 2.75) is 50.7 Å². The highest BCUT2D eigenvalue weighted by atomic mass is 35.5. The van der Waals surface area contributed by atoms with Crippen molar-refractivity contribution in [3.8, 4) is 17.3 Å². The molecule has 1 aliphatic heterocycles. The number of hydrogen-bond acceptors (Lipinski definition) is 7. The molecule has 4 rings (SSSR count). The van der Waals surface area contributed by atoms with E-state index >= 15 is 0 Å². The Morgan fingerprint density at radius 3 is 2.91 bits per heavy atom. The standard InChI is InChI=1S/C24H30ClN5O2/c1-31-18-5-2-4-17(12-18)29-23-13-19(20(25)14-27-23)21-6-3-7-22(30-21)28-16-24(15-26)8-10-32-11-9-24/h3,6-7,13-14,17-18H,2,4-5,8-12,16H2,1H3,(H,27,29)(H,28,30). The molecular weight excluding hydrogens is 426 g/mol. The van der Waals surface area contributed by atoms with Crippen molar-refractivity contribution in [2.24, 2.45) is 5.41 Å². The number of anilines is 2. The second-order valence-electron chi connectivity index (χ2n) is 8.68. The number of rotatable bonds is 7. The topological polar surface area (TPSA) is 92.1 Å². The van der Waals surface area contributed by atoms with Crippen molar-refractivity contribution in [1.29, 1.82) is 5.26 Å². The monoisotopic (exact) mass is 455 g/mol. The SMILES string of the molecule is COC1CCCC(Nc2cc(-c3cccc(NCC4(C#N)CCOCC4)n3)c(Cl)cn2)C1. The van der Waals surface area contributed by atoms with Crippen molar-refractivity contribution >= 4 is 23.2 Å². The fourth-order valence-electron chi connectivity index (χ4n) is 4.45. The van der Waals surface area contributed by atoms with E-state index in [1.165, 1.54) is 0 Å². The van der Waals surface area contributed by atoms with Gasteiger partial charge in [0.15, 0.2) is 0 Å². The lowest BCUT2D eigenvalue weighted by atomic mass is 9.82. The van der Waals surface area contributed by atoms with Gasteiger partial charge in [0.05, 0.1) is 28.3 Å². The number of aromatic nitrogens is 2. The van der Waals surface area contributed by atoms with Crippen LogP contribution in [0, 0.1) is 16.7 Å². The van der Waals surface area contributed by atoms with Gasteiger partial charge >= 0.3 is 0 Å². The summed E-state index contributed by atoms with van der Waals surface area (Å²) in [5, 5.41) is 17.1. The van der Waals surface area contributed by atoms with E-state index in [4.69, 9.17) is 26.1 Å². The van der Waals surface area contributed by atoms with E-state index in [1.807, 2.05) is 24.3 Å². The van der Waals surface area contributed by atoms with Gasteiger partial charge in [0, 0.05) is 44.7 Å². The van der Waals surface area contributed by atoms with Crippen LogP contribution in [0.5, 0.6) is 0 Å². The molecule has 2 fully saturated rings. The summed E-state index contributed by atoms with van der Waals surface area (Å²) in [6.07, 6.45) is 7.75. The maximum atomic E-state index is 9.68. The highest BCUT2D eigenvalue weighted by Gasteiger charge is 2.32. The van der Waals surface area contributed by atoms with E-state index in [-0.39, 0.29) is 0 Å². The molecule has 0 radical (unpaired) electrons. The Bertz CT molecular complexity index is 958. The van der Waals surface area contributed by atoms with Crippen LogP contribution in [-0.4, -0.2) is 49.0 Å². The van der Waals surface area contributed by atoms with Crippen molar-refractivity contribution in [1.82, 2.24) is 9.97 Å². The maximum absolute atomic E-state index is 9.68. The number of hydrogen-bond donors (Lipinski definition) is 2. The number of nitrogens with zero attached hydrogens (tertiary/aromatic N) is 3. The van der Waals surface area contributed by atoms with Crippen molar-refractivity contribution in [2.75, 3.05) is 37.5 Å². The number of nitriles is 1. The summed E-state index contributed by atoms with van der Waals surface area (Å²) in [5.74, 6) is 1.51. The lowest BCUT2D eigenvalue weighted by Gasteiger charge is -2.30. The van der Waals surface area contributed by atoms with Crippen molar-refractivity contribution < 1.29 is 9.47 Å². The molecule has 2 aliphatic rings. The third kappa shape index (κ3) is 5.50. The Morgan fingerprint density at radius 2 is 2.12 bits per heavy atom. The van der Waals surface area contributed by atoms with Gasteiger partial charge in [-0.25, -0.2) is 9.97 Å². The quantitative estimate of drug-likeness (QED) is 0.613. The van der Waals surface area contributed by atoms with Gasteiger partial charge in [-0.1, -0.05) is 17.7 Å². The molecule has 0 aromatic carbocycles. The zero-order valence-electron chi connectivity index (χ0n) is 18.4. The van der Waals surface area contributed by atoms with Crippen LogP contribution in [0.3, 0.4) is 0 Å². The van der Waals surface area contributed by atoms with Gasteiger partial charge in [-0.3, -0.25) is 0 Å². The van der Waals surface area contributed by atoms with Crippen LogP contribution in [-0.2, 0) is 9.47 Å². The van der Waals surface area contributed by atoms with E-state index in [0.717, 1.165) is 61.4 Å². The third-order valence-electron chi connectivity index (χ3n) is 6.49. The first-order valence-electron chi connectivity index (χ1n) is 11.3. The Morgan fingerprint density at radius 1 is 1.28 bits per heavy atom. The highest BCUT2D eigenvalue weighted by Crippen LogP contribution is 2.32. The van der Waals surface area contributed by atoms with Crippen LogP contribution in [0.2, 0.25) is 5.02 Å². The smallest absolute Gasteiger partial charge is 0.126 e. The summed E-state index contributed by atoms with van der Waals surface area (Å²) in [7, 11) is 1.78. The van der Waals surface area contributed by atoms with Gasteiger partial charge in [0.2, 0.25) is 0 Å². The lowest BCUT2D eigenvalue weighted by Crippen LogP contribution is -2.34. The zero-order chi connectivity index (χ0) is 22.4. The summed E-state index contributed by atoms with van der Waals surface area (Å²) >= 11 is 6.49. The Hall–Kier alpha value is -2.40. The van der Waals surface area contributed by atoms with Crippen molar-refractivity contribution in [3.63, 3.8) is 0 Å². The molecule has 2 unspecified atom stereocenters. The highest BCUT2D eigenvalue weighted by molar-refractivity contribution is 6.33. The first kappa shape index (κ1) is 22.8. The average molecular weight is 456 g/mol. The first-order valence-corrected chi connectivity index (χ1v) is 11.6. The summed E-state index contributed by atoms with van der Waals surface area (Å²) in [6.45, 7) is 1.79. The van der Waals surface area contributed by atoms with Crippen molar-refractivity contribution in [3.05, 3.63) is 35.5 Å². The predicted octanol–water partition coefficient (Wildman–Crippen LogP) is 4.90. The second-order valence-corrected chi connectivity index (χ2v) is 9.09. The van der Waals surface area contributed by atoms with Gasteiger partial charge in [0.25, 0.3) is 0 Å². The molecule has 0 amide bonds. The molecule has 32 heavy (non-hydrogen) atoms. The van der Waals surface area contributed by atoms with Gasteiger partial charge < -0.3 is 20.1 Å². The lowest BCUT2D eigenvalue weighted by molar-refractivity contribution is 0.0455. The molecular formula is C24H30ClN5O2. The maximum Gasteiger partial charge on any atom is 0.126 e. The summed E-state index contributed by atoms with van der Waals surface area (Å²) in [4.78, 5) is 9.23. The van der Waals surface area contributed by atoms with E-state index in [1.54, 1.807) is 13.3 Å². The van der Waals surface area contributed by atoms with Gasteiger partial charge in [-0.2, -0.15) is 5.26 Å². The minimum atomic E-state index is -0.415. The first-order chi connectivity index (χ1) is 15.6. The van der Waals surface area contributed by atoms with Gasteiger partial charge in [0.1, 0.15) is 11.6 Å². The number of nitrogens with one attached hydrogen (secondary N) is 2. The minimum Gasteiger partial charge on any atom is -0.381 e. The Labute approximate surface area is 194 Å². The van der Waals surface area contributed by atoms with Crippen LogP contribution in [0.25, 0.3) is 11.3 Å². The van der Waals surface area contributed by atoms with Crippen LogP contribution in [0.1, 0.15) is 38.5 Å². The summed E-state index contributed by atoms with van der Waals surface area (Å²) in [5.41, 5.74) is 1.18. The number of halogens is 1. The molecule has 1 saturated heterocycles. The summed E-state index contributed by atoms with van der Waals surface area (Å²) < 4.78 is 11.0. The molecule has 0 bridgehead atoms. The normalized spacial score (nSPS) is 22.7. The molecule has 8 heteroatoms. The molecule has 2 aromatic rings. The largest absolute Gasteiger partial charge is 0.381 e. The van der Waals surface area contributed by atoms with Crippen LogP contribution in [0.15, 0.2) is 30.5 Å². The number of ether oxygens (including phenoxy) is 2. The molecule has 2 N–H and O–H groups in total. The fraction of sp³-hybridized carbons (Fsp3) is 0.542. The molecule has 3 heterocycles. The Balaban J connectivity index is 1.47. The third-order valence-corrected chi connectivity index (χ3v) is 6.79. The number of pyridine rings is 2. The minimum absolute atomic E-state index is 0.296. The molecule has 1 aliphatic carbocycles. The van der Waals surface area contributed by atoms with Gasteiger partial charge in [-0.15, -0.1) is 0 Å². The van der Waals surface area contributed by atoms with Gasteiger partial charge in [-0.05, 0) is 56.7 Å². The van der Waals surface area contributed by atoms with Crippen LogP contribution in [0.4, 0.5) is 11.6 Å². The summed E-state index contributed by atoms with van der Waals surface area (Å²) in [6, 6.07) is 10.6. The number of methoxy groups -OCH3 is 1. The van der Waals surface area contributed by atoms with Crippen LogP contribution < -0.4 is 10.6 Å². The van der Waals surface area contributed by atoms with E-state index < -0.39 is 5.41 Å².